The molecular weight excluding hydrogens is 905 g/mol. The average molecular weight is 980 g/mol. The van der Waals surface area contributed by atoms with Gasteiger partial charge in [-0.05, 0) is 7.05 Å². The van der Waals surface area contributed by atoms with Gasteiger partial charge in [0.25, 0.3) is 0 Å². The first kappa shape index (κ1) is 86.3. The molecule has 2 aliphatic rings. The maximum Gasteiger partial charge on any atom is 0.187 e. The predicted octanol–water partition coefficient (Wildman–Crippen LogP) is 5.97. The lowest BCUT2D eigenvalue weighted by Gasteiger charge is -2.46. The summed E-state index contributed by atoms with van der Waals surface area (Å²) in [7, 11) is 4.12. The van der Waals surface area contributed by atoms with Crippen molar-refractivity contribution in [1.82, 2.24) is 6.15 Å². The Labute approximate surface area is 366 Å². The molecule has 0 aromatic heterocycles. The molecule has 336 valence electrons. The van der Waals surface area contributed by atoms with Gasteiger partial charge in [-0.25, -0.2) is 0 Å². The summed E-state index contributed by atoms with van der Waals surface area (Å²) in [5.74, 6) is 2.17. The molecule has 2 rings (SSSR count). The SMILES string of the molecule is C.CCCl.CCCl.CCCl.CCl.CCl.CCl.CCl.CCl.CCl.CCl.CN.CO[C@H]1OC(CO)[C@@H](O[C@H]2OC(CN)[C@@H](OC)[C@H](O)[C@H]2O)[C@H](O)[C@H]1O.N. The van der Waals surface area contributed by atoms with Crippen molar-refractivity contribution in [2.45, 2.75) is 89.6 Å². The zero-order chi connectivity index (χ0) is 42.8. The maximum atomic E-state index is 10.2. The van der Waals surface area contributed by atoms with Crippen LogP contribution in [0.1, 0.15) is 28.2 Å². The second-order valence-electron chi connectivity index (χ2n) is 6.80. The monoisotopic (exact) mass is 975 g/mol. The molecule has 0 radical (unpaired) electrons. The zero-order valence-corrected chi connectivity index (χ0v) is 39.8. The smallest absolute Gasteiger partial charge is 0.187 e. The average Bonchev–Trinajstić information content (AvgIpc) is 3.19. The highest BCUT2D eigenvalue weighted by Gasteiger charge is 2.50. The molecule has 13 nitrogen and oxygen atoms in total. The van der Waals surface area contributed by atoms with Gasteiger partial charge in [0.15, 0.2) is 12.6 Å². The maximum absolute atomic E-state index is 10.2. The first-order valence-corrected chi connectivity index (χ1v) is 21.0. The summed E-state index contributed by atoms with van der Waals surface area (Å²) in [6, 6.07) is 0. The van der Waals surface area contributed by atoms with E-state index in [9.17, 15) is 25.5 Å². The van der Waals surface area contributed by atoms with Gasteiger partial charge in [-0.2, -0.15) is 0 Å². The Balaban J connectivity index is -0.0000000498. The lowest BCUT2D eigenvalue weighted by Crippen LogP contribution is -2.65. The van der Waals surface area contributed by atoms with E-state index >= 15 is 0 Å². The molecular formula is C29H75Cl10N3O10. The van der Waals surface area contributed by atoms with Crippen LogP contribution in [0.2, 0.25) is 0 Å². The van der Waals surface area contributed by atoms with E-state index in [0.29, 0.717) is 0 Å². The fourth-order valence-electron chi connectivity index (χ4n) is 3.07. The molecule has 0 saturated carbocycles. The van der Waals surface area contributed by atoms with Crippen LogP contribution in [0.4, 0.5) is 0 Å². The number of rotatable bonds is 6. The number of alkyl halides is 10. The van der Waals surface area contributed by atoms with E-state index in [0.717, 1.165) is 17.6 Å². The summed E-state index contributed by atoms with van der Waals surface area (Å²) >= 11 is 47.5. The summed E-state index contributed by atoms with van der Waals surface area (Å²) in [5, 5.41) is 50.1. The standard InChI is InChI=1S/C14H27NO10.3C2H5Cl.7CH3Cl.CH5N.CH4.H3N/c1-21-11-5(3-15)23-14(10(20)7(11)17)25-12-6(4-16)24-13(22-2)9(19)8(12)18;3*1-2-3;8*1-2;;/h5-14,16-20H,3-4,15H2,1-2H3;3*2H2,1H3;7*1H3;2H2,1H3;1H4;1H3/t5?,6?,7-,8-,9-,10-,11-,12-,13+,14-;;;;;;;;;;;;;/m1............./s1. The predicted molar refractivity (Wildman–Crippen MR) is 234 cm³/mol. The third-order valence-electron chi connectivity index (χ3n) is 4.49. The van der Waals surface area contributed by atoms with Crippen LogP contribution < -0.4 is 17.6 Å². The fourth-order valence-corrected chi connectivity index (χ4v) is 3.07. The highest BCUT2D eigenvalue weighted by Crippen LogP contribution is 2.29. The van der Waals surface area contributed by atoms with E-state index in [2.05, 4.69) is 86.9 Å². The molecule has 2 fully saturated rings. The van der Waals surface area contributed by atoms with Crippen LogP contribution in [0, 0.1) is 0 Å². The summed E-state index contributed by atoms with van der Waals surface area (Å²) in [6.45, 7) is 5.12. The lowest BCUT2D eigenvalue weighted by molar-refractivity contribution is -0.355. The molecule has 52 heavy (non-hydrogen) atoms. The van der Waals surface area contributed by atoms with Crippen molar-refractivity contribution < 1.29 is 49.2 Å². The van der Waals surface area contributed by atoms with Crippen molar-refractivity contribution in [3.63, 3.8) is 0 Å². The Kier molecular flexibility index (Phi) is 135. The molecule has 0 aromatic rings. The highest BCUT2D eigenvalue weighted by molar-refractivity contribution is 6.18. The Bertz CT molecular complexity index is 501. The molecule has 23 heteroatoms. The van der Waals surface area contributed by atoms with Gasteiger partial charge < -0.3 is 66.8 Å². The third-order valence-corrected chi connectivity index (χ3v) is 4.49. The van der Waals surface area contributed by atoms with Crippen LogP contribution in [0.25, 0.3) is 0 Å². The molecule has 2 unspecified atom stereocenters. The number of hydrogen-bond acceptors (Lipinski definition) is 13. The number of ether oxygens (including phenoxy) is 5. The van der Waals surface area contributed by atoms with Crippen molar-refractivity contribution in [3.8, 4) is 0 Å². The van der Waals surface area contributed by atoms with Crippen LogP contribution in [-0.2, 0) is 23.7 Å². The van der Waals surface area contributed by atoms with Crippen LogP contribution in [0.15, 0.2) is 0 Å². The third kappa shape index (κ3) is 46.8. The van der Waals surface area contributed by atoms with Crippen molar-refractivity contribution >= 4 is 116 Å². The molecule has 0 bridgehead atoms. The zero-order valence-electron chi connectivity index (χ0n) is 32.2. The minimum absolute atomic E-state index is 0. The fraction of sp³-hybridized carbons (Fsp3) is 1.00. The van der Waals surface area contributed by atoms with Crippen molar-refractivity contribution in [2.24, 2.45) is 11.5 Å². The summed E-state index contributed by atoms with van der Waals surface area (Å²) in [5.41, 5.74) is 10.1. The van der Waals surface area contributed by atoms with Gasteiger partial charge in [0.2, 0.25) is 0 Å². The van der Waals surface area contributed by atoms with Gasteiger partial charge in [0.05, 0.1) is 6.61 Å². The van der Waals surface area contributed by atoms with E-state index in [1.807, 2.05) is 20.8 Å². The first-order valence-electron chi connectivity index (χ1n) is 14.1. The Morgan fingerprint density at radius 2 is 0.808 bits per heavy atom. The van der Waals surface area contributed by atoms with E-state index in [-0.39, 0.29) is 20.1 Å². The Hall–Kier alpha value is 2.38. The first-order chi connectivity index (χ1) is 24.1. The van der Waals surface area contributed by atoms with Gasteiger partial charge in [-0.1, -0.05) is 28.2 Å². The molecule has 0 amide bonds. The van der Waals surface area contributed by atoms with Crippen LogP contribution in [0.3, 0.4) is 0 Å². The Morgan fingerprint density at radius 3 is 1.06 bits per heavy atom. The van der Waals surface area contributed by atoms with Crippen LogP contribution in [0.5, 0.6) is 0 Å². The summed E-state index contributed by atoms with van der Waals surface area (Å²) in [6.07, 6.45) is -1.91. The number of hydrogen-bond donors (Lipinski definition) is 8. The second-order valence-corrected chi connectivity index (χ2v) is 8.41. The van der Waals surface area contributed by atoms with Crippen molar-refractivity contribution in [1.29, 1.82) is 0 Å². The second kappa shape index (κ2) is 81.5. The topological polar surface area (TPSA) is 234 Å². The van der Waals surface area contributed by atoms with Gasteiger partial charge in [0.1, 0.15) is 48.8 Å². The number of halogens is 10. The molecule has 2 heterocycles. The van der Waals surface area contributed by atoms with Gasteiger partial charge in [-0.15, -0.1) is 116 Å². The minimum Gasteiger partial charge on any atom is -0.394 e. The van der Waals surface area contributed by atoms with E-state index in [1.165, 1.54) is 65.9 Å². The molecule has 0 aromatic carbocycles. The summed E-state index contributed by atoms with van der Waals surface area (Å²) < 4.78 is 26.3. The number of aliphatic hydroxyl groups is 5. The van der Waals surface area contributed by atoms with E-state index in [1.54, 1.807) is 0 Å². The molecule has 10 atom stereocenters. The van der Waals surface area contributed by atoms with Gasteiger partial charge >= 0.3 is 0 Å². The molecule has 2 aliphatic heterocycles. The molecule has 0 spiro atoms. The van der Waals surface area contributed by atoms with Gasteiger partial charge in [0, 0.05) is 83.1 Å². The Morgan fingerprint density at radius 1 is 0.538 bits per heavy atom. The van der Waals surface area contributed by atoms with E-state index in [4.69, 9.17) is 64.2 Å². The molecule has 0 aliphatic carbocycles. The normalized spacial score (nSPS) is 25.3. The van der Waals surface area contributed by atoms with Crippen molar-refractivity contribution in [3.05, 3.63) is 0 Å². The number of aliphatic hydroxyl groups excluding tert-OH is 5. The summed E-state index contributed by atoms with van der Waals surface area (Å²) in [4.78, 5) is 0. The van der Waals surface area contributed by atoms with Gasteiger partial charge in [-0.3, -0.25) is 0 Å². The number of methoxy groups -OCH3 is 2. The minimum atomic E-state index is -1.50. The largest absolute Gasteiger partial charge is 0.394 e. The molecule has 2 saturated heterocycles. The van der Waals surface area contributed by atoms with Crippen LogP contribution in [-0.4, -0.2) is 184 Å². The van der Waals surface area contributed by atoms with E-state index < -0.39 is 68.0 Å². The quantitative estimate of drug-likeness (QED) is 0.144. The van der Waals surface area contributed by atoms with Crippen molar-refractivity contribution in [2.75, 3.05) is 96.7 Å². The number of nitrogens with two attached hydrogens (primary N) is 2. The van der Waals surface area contributed by atoms with Crippen LogP contribution >= 0.6 is 116 Å². The molecule has 12 N–H and O–H groups in total. The highest BCUT2D eigenvalue weighted by atomic mass is 35.5. The lowest BCUT2D eigenvalue weighted by atomic mass is 9.96.